The fourth-order valence-electron chi connectivity index (χ4n) is 4.00. The highest BCUT2D eigenvalue weighted by Crippen LogP contribution is 2.26. The molecule has 0 unspecified atom stereocenters. The first-order chi connectivity index (χ1) is 15.1. The maximum absolute atomic E-state index is 12.8. The van der Waals surface area contributed by atoms with Crippen molar-refractivity contribution in [1.82, 2.24) is 28.7 Å². The zero-order valence-corrected chi connectivity index (χ0v) is 18.4. The molecule has 0 atom stereocenters. The third kappa shape index (κ3) is 3.33. The fourth-order valence-corrected chi connectivity index (χ4v) is 4.89. The monoisotopic (exact) mass is 430 g/mol. The number of hydrogen-bond acceptors (Lipinski definition) is 5. The zero-order valence-electron chi connectivity index (χ0n) is 17.6. The highest BCUT2D eigenvalue weighted by atomic mass is 32.2. The first kappa shape index (κ1) is 19.6. The molecule has 7 nitrogen and oxygen atoms in total. The van der Waals surface area contributed by atoms with Gasteiger partial charge in [0.05, 0.1) is 16.7 Å². The van der Waals surface area contributed by atoms with Crippen LogP contribution in [-0.2, 0) is 12.3 Å². The van der Waals surface area contributed by atoms with Gasteiger partial charge in [-0.3, -0.25) is 18.3 Å². The van der Waals surface area contributed by atoms with Gasteiger partial charge in [-0.05, 0) is 56.2 Å². The van der Waals surface area contributed by atoms with Crippen LogP contribution in [0.5, 0.6) is 0 Å². The molecule has 0 spiro atoms. The molecule has 0 aliphatic rings. The lowest BCUT2D eigenvalue weighted by atomic mass is 10.1. The van der Waals surface area contributed by atoms with Crippen LogP contribution in [0.3, 0.4) is 0 Å². The van der Waals surface area contributed by atoms with Crippen LogP contribution in [-0.4, -0.2) is 28.7 Å². The molecule has 156 valence electrons. The number of hydrogen-bond donors (Lipinski definition) is 0. The van der Waals surface area contributed by atoms with E-state index in [9.17, 15) is 4.79 Å². The molecule has 0 saturated heterocycles. The predicted octanol–water partition coefficient (Wildman–Crippen LogP) is 4.16. The van der Waals surface area contributed by atoms with E-state index in [0.717, 1.165) is 22.2 Å². The Kier molecular flexibility index (Phi) is 4.86. The number of benzene rings is 2. The summed E-state index contributed by atoms with van der Waals surface area (Å²) in [6.07, 6.45) is 3.79. The van der Waals surface area contributed by atoms with Crippen LogP contribution in [0.2, 0.25) is 0 Å². The van der Waals surface area contributed by atoms with Crippen molar-refractivity contribution >= 4 is 28.4 Å². The smallest absolute Gasteiger partial charge is 0.262 e. The summed E-state index contributed by atoms with van der Waals surface area (Å²) in [6.45, 7) is 6.68. The standard InChI is InChI=1S/C23H22N6OS/c1-4-27-21(30)18-7-5-6-8-19(18)29-20(25-26-22(27)29)14-31-23-24-9-10-28(23)17-12-15(2)11-16(3)13-17/h5-13H,4,14H2,1-3H3. The molecule has 8 heteroatoms. The molecule has 5 rings (SSSR count). The minimum atomic E-state index is -0.0393. The molecule has 0 fully saturated rings. The highest BCUT2D eigenvalue weighted by molar-refractivity contribution is 7.98. The van der Waals surface area contributed by atoms with Gasteiger partial charge in [-0.25, -0.2) is 4.98 Å². The van der Waals surface area contributed by atoms with Crippen molar-refractivity contribution in [3.05, 3.63) is 82.2 Å². The van der Waals surface area contributed by atoms with E-state index in [-0.39, 0.29) is 5.56 Å². The quantitative estimate of drug-likeness (QED) is 0.392. The lowest BCUT2D eigenvalue weighted by molar-refractivity contribution is 0.735. The second-order valence-electron chi connectivity index (χ2n) is 7.53. The predicted molar refractivity (Wildman–Crippen MR) is 123 cm³/mol. The van der Waals surface area contributed by atoms with Gasteiger partial charge in [0.2, 0.25) is 5.78 Å². The van der Waals surface area contributed by atoms with E-state index in [2.05, 4.69) is 51.8 Å². The molecule has 0 radical (unpaired) electrons. The van der Waals surface area contributed by atoms with Crippen molar-refractivity contribution in [2.24, 2.45) is 0 Å². The van der Waals surface area contributed by atoms with Crippen LogP contribution in [0.1, 0.15) is 23.9 Å². The molecule has 0 saturated carbocycles. The largest absolute Gasteiger partial charge is 0.295 e. The van der Waals surface area contributed by atoms with E-state index < -0.39 is 0 Å². The third-order valence-electron chi connectivity index (χ3n) is 5.31. The molecular weight excluding hydrogens is 408 g/mol. The van der Waals surface area contributed by atoms with Crippen molar-refractivity contribution in [1.29, 1.82) is 0 Å². The van der Waals surface area contributed by atoms with Gasteiger partial charge in [-0.1, -0.05) is 30.0 Å². The van der Waals surface area contributed by atoms with Gasteiger partial charge in [0.25, 0.3) is 5.56 Å². The minimum absolute atomic E-state index is 0.0393. The second-order valence-corrected chi connectivity index (χ2v) is 8.48. The van der Waals surface area contributed by atoms with Crippen LogP contribution in [0.4, 0.5) is 0 Å². The molecular formula is C23H22N6OS. The summed E-state index contributed by atoms with van der Waals surface area (Å²) < 4.78 is 5.74. The van der Waals surface area contributed by atoms with E-state index >= 15 is 0 Å². The number of aromatic nitrogens is 6. The Morgan fingerprint density at radius 2 is 1.81 bits per heavy atom. The summed E-state index contributed by atoms with van der Waals surface area (Å²) in [5.74, 6) is 1.93. The van der Waals surface area contributed by atoms with Gasteiger partial charge < -0.3 is 0 Å². The molecule has 0 bridgehead atoms. The van der Waals surface area contributed by atoms with Crippen LogP contribution in [0.25, 0.3) is 22.4 Å². The number of imidazole rings is 1. The highest BCUT2D eigenvalue weighted by Gasteiger charge is 2.16. The van der Waals surface area contributed by atoms with Crippen molar-refractivity contribution in [3.63, 3.8) is 0 Å². The SMILES string of the molecule is CCn1c(=O)c2ccccc2n2c(CSc3nccn3-c3cc(C)cc(C)c3)nnc12. The summed E-state index contributed by atoms with van der Waals surface area (Å²) in [5, 5.41) is 10.3. The Morgan fingerprint density at radius 3 is 2.58 bits per heavy atom. The normalized spacial score (nSPS) is 11.6. The van der Waals surface area contributed by atoms with Crippen molar-refractivity contribution in [2.45, 2.75) is 38.2 Å². The van der Waals surface area contributed by atoms with Crippen LogP contribution in [0, 0.1) is 13.8 Å². The number of para-hydroxylation sites is 1. The molecule has 3 aromatic heterocycles. The molecule has 2 aromatic carbocycles. The molecule has 0 aliphatic heterocycles. The number of rotatable bonds is 5. The van der Waals surface area contributed by atoms with Crippen LogP contribution >= 0.6 is 11.8 Å². The first-order valence-corrected chi connectivity index (χ1v) is 11.2. The first-order valence-electron chi connectivity index (χ1n) is 10.2. The van der Waals surface area contributed by atoms with Crippen LogP contribution in [0.15, 0.2) is 64.8 Å². The average molecular weight is 431 g/mol. The minimum Gasteiger partial charge on any atom is -0.295 e. The summed E-state index contributed by atoms with van der Waals surface area (Å²) in [7, 11) is 0. The van der Waals surface area contributed by atoms with E-state index in [1.54, 1.807) is 16.3 Å². The fraction of sp³-hybridized carbons (Fsp3) is 0.217. The summed E-state index contributed by atoms with van der Waals surface area (Å²) in [6, 6.07) is 14.1. The Hall–Kier alpha value is -3.39. The number of aryl methyl sites for hydroxylation is 3. The molecule has 3 heterocycles. The van der Waals surface area contributed by atoms with Crippen molar-refractivity contribution < 1.29 is 0 Å². The van der Waals surface area contributed by atoms with Gasteiger partial charge in [0.15, 0.2) is 5.16 Å². The Morgan fingerprint density at radius 1 is 1.03 bits per heavy atom. The van der Waals surface area contributed by atoms with Crippen molar-refractivity contribution in [2.75, 3.05) is 0 Å². The van der Waals surface area contributed by atoms with Crippen LogP contribution < -0.4 is 5.56 Å². The van der Waals surface area contributed by atoms with E-state index in [1.165, 1.54) is 11.1 Å². The molecule has 31 heavy (non-hydrogen) atoms. The molecule has 0 aliphatic carbocycles. The van der Waals surface area contributed by atoms with Gasteiger partial charge >= 0.3 is 0 Å². The van der Waals surface area contributed by atoms with E-state index in [0.29, 0.717) is 23.5 Å². The average Bonchev–Trinajstić information content (AvgIpc) is 3.39. The van der Waals surface area contributed by atoms with Crippen molar-refractivity contribution in [3.8, 4) is 5.69 Å². The summed E-state index contributed by atoms with van der Waals surface area (Å²) >= 11 is 1.60. The van der Waals surface area contributed by atoms with Gasteiger partial charge in [-0.2, -0.15) is 0 Å². The zero-order chi connectivity index (χ0) is 21.5. The summed E-state index contributed by atoms with van der Waals surface area (Å²) in [4.78, 5) is 17.4. The van der Waals surface area contributed by atoms with Gasteiger partial charge in [0, 0.05) is 24.6 Å². The van der Waals surface area contributed by atoms with Gasteiger partial charge in [-0.15, -0.1) is 10.2 Å². The molecule has 0 amide bonds. The number of nitrogens with zero attached hydrogens (tertiary/aromatic N) is 6. The Labute approximate surface area is 183 Å². The van der Waals surface area contributed by atoms with E-state index in [4.69, 9.17) is 0 Å². The number of fused-ring (bicyclic) bond motifs is 3. The topological polar surface area (TPSA) is 70.0 Å². The molecule has 0 N–H and O–H groups in total. The van der Waals surface area contributed by atoms with Gasteiger partial charge in [0.1, 0.15) is 5.82 Å². The third-order valence-corrected chi connectivity index (χ3v) is 6.28. The Balaban J connectivity index is 1.56. The maximum atomic E-state index is 12.8. The lowest BCUT2D eigenvalue weighted by Crippen LogP contribution is -2.22. The maximum Gasteiger partial charge on any atom is 0.262 e. The molecule has 5 aromatic rings. The lowest BCUT2D eigenvalue weighted by Gasteiger charge is -2.11. The van der Waals surface area contributed by atoms with E-state index in [1.807, 2.05) is 48.0 Å². The number of thioether (sulfide) groups is 1. The summed E-state index contributed by atoms with van der Waals surface area (Å²) in [5.41, 5.74) is 4.31. The second kappa shape index (κ2) is 7.70. The Bertz CT molecular complexity index is 1460.